The first-order valence-electron chi connectivity index (χ1n) is 7.07. The Morgan fingerprint density at radius 2 is 1.88 bits per heavy atom. The number of likely N-dealkylation sites (tertiary alicyclic amines) is 1. The lowest BCUT2D eigenvalue weighted by Gasteiger charge is -2.33. The maximum Gasteiger partial charge on any atom is 0.0138 e. The van der Waals surface area contributed by atoms with Gasteiger partial charge in [0.1, 0.15) is 0 Å². The Morgan fingerprint density at radius 3 is 2.59 bits per heavy atom. The SMILES string of the molecule is CC(C)N1CCCCCC1Cc1ccccc1. The fourth-order valence-electron chi connectivity index (χ4n) is 2.98. The first kappa shape index (κ1) is 12.6. The van der Waals surface area contributed by atoms with E-state index < -0.39 is 0 Å². The Labute approximate surface area is 106 Å². The van der Waals surface area contributed by atoms with E-state index in [9.17, 15) is 0 Å². The predicted octanol–water partition coefficient (Wildman–Crippen LogP) is 3.88. The Balaban J connectivity index is 2.05. The van der Waals surface area contributed by atoms with Gasteiger partial charge in [-0.2, -0.15) is 0 Å². The number of rotatable bonds is 3. The molecule has 94 valence electrons. The van der Waals surface area contributed by atoms with E-state index in [1.807, 2.05) is 0 Å². The summed E-state index contributed by atoms with van der Waals surface area (Å²) < 4.78 is 0. The van der Waals surface area contributed by atoms with Crippen LogP contribution in [0.2, 0.25) is 0 Å². The summed E-state index contributed by atoms with van der Waals surface area (Å²) in [5.74, 6) is 0. The largest absolute Gasteiger partial charge is 0.298 e. The number of hydrogen-bond donors (Lipinski definition) is 0. The first-order chi connectivity index (χ1) is 8.27. The van der Waals surface area contributed by atoms with E-state index in [0.29, 0.717) is 6.04 Å². The Kier molecular flexibility index (Phi) is 4.61. The van der Waals surface area contributed by atoms with E-state index in [1.165, 1.54) is 44.2 Å². The summed E-state index contributed by atoms with van der Waals surface area (Å²) in [7, 11) is 0. The van der Waals surface area contributed by atoms with Crippen molar-refractivity contribution in [2.24, 2.45) is 0 Å². The maximum absolute atomic E-state index is 2.71. The lowest BCUT2D eigenvalue weighted by molar-refractivity contribution is 0.155. The van der Waals surface area contributed by atoms with Crippen molar-refractivity contribution in [3.63, 3.8) is 0 Å². The van der Waals surface area contributed by atoms with Crippen molar-refractivity contribution in [3.8, 4) is 0 Å². The second kappa shape index (κ2) is 6.20. The highest BCUT2D eigenvalue weighted by molar-refractivity contribution is 5.16. The molecular formula is C16H25N. The van der Waals surface area contributed by atoms with Crippen LogP contribution in [0.1, 0.15) is 45.1 Å². The quantitative estimate of drug-likeness (QED) is 0.763. The monoisotopic (exact) mass is 231 g/mol. The summed E-state index contributed by atoms with van der Waals surface area (Å²) in [6.07, 6.45) is 6.78. The van der Waals surface area contributed by atoms with Gasteiger partial charge in [-0.1, -0.05) is 43.2 Å². The first-order valence-corrected chi connectivity index (χ1v) is 7.07. The molecule has 1 atom stereocenters. The van der Waals surface area contributed by atoms with E-state index in [4.69, 9.17) is 0 Å². The van der Waals surface area contributed by atoms with Crippen LogP contribution in [0.3, 0.4) is 0 Å². The maximum atomic E-state index is 2.71. The third kappa shape index (κ3) is 3.57. The van der Waals surface area contributed by atoms with Gasteiger partial charge >= 0.3 is 0 Å². The Hall–Kier alpha value is -0.820. The highest BCUT2D eigenvalue weighted by atomic mass is 15.2. The molecule has 1 unspecified atom stereocenters. The van der Waals surface area contributed by atoms with Crippen LogP contribution in [-0.4, -0.2) is 23.5 Å². The molecular weight excluding hydrogens is 206 g/mol. The van der Waals surface area contributed by atoms with Crippen LogP contribution in [0.15, 0.2) is 30.3 Å². The van der Waals surface area contributed by atoms with Gasteiger partial charge in [-0.25, -0.2) is 0 Å². The topological polar surface area (TPSA) is 3.24 Å². The minimum Gasteiger partial charge on any atom is -0.298 e. The number of nitrogens with zero attached hydrogens (tertiary/aromatic N) is 1. The van der Waals surface area contributed by atoms with Gasteiger partial charge in [-0.15, -0.1) is 0 Å². The molecule has 1 aromatic rings. The van der Waals surface area contributed by atoms with Gasteiger partial charge < -0.3 is 0 Å². The van der Waals surface area contributed by atoms with Gasteiger partial charge in [0.2, 0.25) is 0 Å². The second-order valence-electron chi connectivity index (χ2n) is 5.52. The van der Waals surface area contributed by atoms with Crippen LogP contribution < -0.4 is 0 Å². The van der Waals surface area contributed by atoms with Crippen LogP contribution in [0.4, 0.5) is 0 Å². The van der Waals surface area contributed by atoms with Crippen LogP contribution in [0.5, 0.6) is 0 Å². The fourth-order valence-corrected chi connectivity index (χ4v) is 2.98. The van der Waals surface area contributed by atoms with Crippen molar-refractivity contribution < 1.29 is 0 Å². The lowest BCUT2D eigenvalue weighted by Crippen LogP contribution is -2.41. The molecule has 1 aliphatic rings. The zero-order valence-electron chi connectivity index (χ0n) is 11.2. The summed E-state index contributed by atoms with van der Waals surface area (Å²) >= 11 is 0. The minimum atomic E-state index is 0.682. The molecule has 0 aliphatic carbocycles. The normalized spacial score (nSPS) is 22.6. The lowest BCUT2D eigenvalue weighted by atomic mass is 10.00. The van der Waals surface area contributed by atoms with Crippen molar-refractivity contribution >= 4 is 0 Å². The summed E-state index contributed by atoms with van der Waals surface area (Å²) in [6.45, 7) is 5.96. The van der Waals surface area contributed by atoms with Crippen LogP contribution in [0.25, 0.3) is 0 Å². The molecule has 0 N–H and O–H groups in total. The van der Waals surface area contributed by atoms with Gasteiger partial charge in [-0.3, -0.25) is 4.90 Å². The third-order valence-corrected chi connectivity index (χ3v) is 3.90. The summed E-state index contributed by atoms with van der Waals surface area (Å²) in [4.78, 5) is 2.71. The molecule has 1 aliphatic heterocycles. The molecule has 1 heteroatoms. The van der Waals surface area contributed by atoms with Crippen LogP contribution in [-0.2, 0) is 6.42 Å². The van der Waals surface area contributed by atoms with Crippen LogP contribution in [0, 0.1) is 0 Å². The molecule has 1 nitrogen and oxygen atoms in total. The minimum absolute atomic E-state index is 0.682. The van der Waals surface area contributed by atoms with Gasteiger partial charge in [0, 0.05) is 12.1 Å². The zero-order valence-corrected chi connectivity index (χ0v) is 11.2. The van der Waals surface area contributed by atoms with Gasteiger partial charge in [0.25, 0.3) is 0 Å². The molecule has 2 rings (SSSR count). The van der Waals surface area contributed by atoms with Crippen molar-refractivity contribution in [1.82, 2.24) is 4.90 Å². The van der Waals surface area contributed by atoms with E-state index in [1.54, 1.807) is 0 Å². The van der Waals surface area contributed by atoms with Gasteiger partial charge in [0.15, 0.2) is 0 Å². The molecule has 0 amide bonds. The third-order valence-electron chi connectivity index (χ3n) is 3.90. The fraction of sp³-hybridized carbons (Fsp3) is 0.625. The molecule has 1 fully saturated rings. The Morgan fingerprint density at radius 1 is 1.12 bits per heavy atom. The Bertz CT molecular complexity index is 318. The standard InChI is InChI=1S/C16H25N/c1-14(2)17-12-8-4-7-11-16(17)13-15-9-5-3-6-10-15/h3,5-6,9-10,14,16H,4,7-8,11-13H2,1-2H3. The molecule has 0 bridgehead atoms. The smallest absolute Gasteiger partial charge is 0.0138 e. The van der Waals surface area contributed by atoms with Crippen molar-refractivity contribution in [3.05, 3.63) is 35.9 Å². The van der Waals surface area contributed by atoms with Crippen molar-refractivity contribution in [2.75, 3.05) is 6.54 Å². The molecule has 0 radical (unpaired) electrons. The average molecular weight is 231 g/mol. The van der Waals surface area contributed by atoms with Gasteiger partial charge in [0.05, 0.1) is 0 Å². The molecule has 0 aromatic heterocycles. The molecule has 1 heterocycles. The van der Waals surface area contributed by atoms with Crippen molar-refractivity contribution in [2.45, 2.75) is 58.0 Å². The highest BCUT2D eigenvalue weighted by Gasteiger charge is 2.22. The van der Waals surface area contributed by atoms with Gasteiger partial charge in [-0.05, 0) is 45.2 Å². The van der Waals surface area contributed by atoms with Crippen LogP contribution >= 0.6 is 0 Å². The van der Waals surface area contributed by atoms with E-state index >= 15 is 0 Å². The number of benzene rings is 1. The molecule has 1 aromatic carbocycles. The molecule has 17 heavy (non-hydrogen) atoms. The van der Waals surface area contributed by atoms with Crippen molar-refractivity contribution in [1.29, 1.82) is 0 Å². The molecule has 0 spiro atoms. The zero-order chi connectivity index (χ0) is 12.1. The summed E-state index contributed by atoms with van der Waals surface area (Å²) in [5.41, 5.74) is 1.49. The average Bonchev–Trinajstić information content (AvgIpc) is 2.56. The summed E-state index contributed by atoms with van der Waals surface area (Å²) in [5, 5.41) is 0. The predicted molar refractivity (Wildman–Crippen MR) is 74.2 cm³/mol. The van der Waals surface area contributed by atoms with E-state index in [0.717, 1.165) is 6.04 Å². The van der Waals surface area contributed by atoms with E-state index in [2.05, 4.69) is 49.1 Å². The second-order valence-corrected chi connectivity index (χ2v) is 5.52. The van der Waals surface area contributed by atoms with E-state index in [-0.39, 0.29) is 0 Å². The molecule has 0 saturated carbocycles. The highest BCUT2D eigenvalue weighted by Crippen LogP contribution is 2.22. The summed E-state index contributed by atoms with van der Waals surface area (Å²) in [6, 6.07) is 12.4. The molecule has 1 saturated heterocycles. The number of hydrogen-bond acceptors (Lipinski definition) is 1.